The number of benzene rings is 1. The summed E-state index contributed by atoms with van der Waals surface area (Å²) in [6.45, 7) is 0.313. The zero-order chi connectivity index (χ0) is 12.7. The molecule has 17 heavy (non-hydrogen) atoms. The molecular formula is C11H15N3O3. The lowest BCUT2D eigenvalue weighted by molar-refractivity contribution is -0.116. The second-order valence-corrected chi connectivity index (χ2v) is 3.28. The molecule has 2 amide bonds. The van der Waals surface area contributed by atoms with E-state index in [1.807, 2.05) is 0 Å². The van der Waals surface area contributed by atoms with Gasteiger partial charge in [-0.3, -0.25) is 10.1 Å². The predicted molar refractivity (Wildman–Crippen MR) is 64.8 cm³/mol. The highest BCUT2D eigenvalue weighted by molar-refractivity contribution is 5.91. The summed E-state index contributed by atoms with van der Waals surface area (Å²) >= 11 is 0. The largest absolute Gasteiger partial charge is 0.453 e. The van der Waals surface area contributed by atoms with E-state index < -0.39 is 6.09 Å². The van der Waals surface area contributed by atoms with E-state index in [1.54, 1.807) is 24.3 Å². The first-order valence-electron chi connectivity index (χ1n) is 5.10. The van der Waals surface area contributed by atoms with Crippen LogP contribution in [0.15, 0.2) is 24.3 Å². The summed E-state index contributed by atoms with van der Waals surface area (Å²) in [6, 6.07) is 6.68. The number of hydrogen-bond acceptors (Lipinski definition) is 4. The number of ether oxygens (including phenoxy) is 1. The van der Waals surface area contributed by atoms with Crippen LogP contribution in [-0.2, 0) is 9.53 Å². The molecule has 0 atom stereocenters. The third kappa shape index (κ3) is 4.52. The van der Waals surface area contributed by atoms with Crippen molar-refractivity contribution in [3.63, 3.8) is 0 Å². The quantitative estimate of drug-likeness (QED) is 0.732. The van der Waals surface area contributed by atoms with Crippen LogP contribution in [0.3, 0.4) is 0 Å². The normalized spacial score (nSPS) is 9.53. The Hall–Kier alpha value is -2.08. The van der Waals surface area contributed by atoms with Gasteiger partial charge in [0.05, 0.1) is 7.11 Å². The number of methoxy groups -OCH3 is 1. The Morgan fingerprint density at radius 1 is 1.18 bits per heavy atom. The lowest BCUT2D eigenvalue weighted by Crippen LogP contribution is -2.16. The second kappa shape index (κ2) is 6.49. The third-order valence-electron chi connectivity index (χ3n) is 1.97. The van der Waals surface area contributed by atoms with E-state index in [2.05, 4.69) is 15.4 Å². The highest BCUT2D eigenvalue weighted by atomic mass is 16.5. The number of anilines is 2. The minimum atomic E-state index is -0.537. The van der Waals surface area contributed by atoms with Gasteiger partial charge in [-0.1, -0.05) is 0 Å². The summed E-state index contributed by atoms with van der Waals surface area (Å²) in [5, 5.41) is 5.18. The first kappa shape index (κ1) is 13.0. The van der Waals surface area contributed by atoms with Gasteiger partial charge in [-0.15, -0.1) is 0 Å². The minimum Gasteiger partial charge on any atom is -0.453 e. The van der Waals surface area contributed by atoms with Crippen LogP contribution >= 0.6 is 0 Å². The average Bonchev–Trinajstić information content (AvgIpc) is 2.32. The van der Waals surface area contributed by atoms with Gasteiger partial charge in [0.15, 0.2) is 0 Å². The highest BCUT2D eigenvalue weighted by Crippen LogP contribution is 2.13. The van der Waals surface area contributed by atoms with Crippen LogP contribution in [0.1, 0.15) is 6.42 Å². The smallest absolute Gasteiger partial charge is 0.411 e. The summed E-state index contributed by atoms with van der Waals surface area (Å²) in [4.78, 5) is 22.2. The summed E-state index contributed by atoms with van der Waals surface area (Å²) < 4.78 is 4.45. The van der Waals surface area contributed by atoms with Crippen LogP contribution in [0.4, 0.5) is 16.2 Å². The van der Waals surface area contributed by atoms with Gasteiger partial charge in [0.1, 0.15) is 0 Å². The number of amides is 2. The van der Waals surface area contributed by atoms with Crippen molar-refractivity contribution in [3.05, 3.63) is 24.3 Å². The van der Waals surface area contributed by atoms with Crippen molar-refractivity contribution in [1.29, 1.82) is 0 Å². The highest BCUT2D eigenvalue weighted by Gasteiger charge is 2.02. The molecule has 1 aromatic carbocycles. The monoisotopic (exact) mass is 237 g/mol. The minimum absolute atomic E-state index is 0.138. The van der Waals surface area contributed by atoms with E-state index in [-0.39, 0.29) is 12.3 Å². The zero-order valence-electron chi connectivity index (χ0n) is 9.53. The SMILES string of the molecule is COC(=O)Nc1ccc(NC(=O)CCN)cc1. The molecule has 0 radical (unpaired) electrons. The maximum absolute atomic E-state index is 11.2. The molecule has 6 nitrogen and oxygen atoms in total. The number of nitrogens with two attached hydrogens (primary N) is 1. The fourth-order valence-corrected chi connectivity index (χ4v) is 1.16. The van der Waals surface area contributed by atoms with Crippen molar-refractivity contribution < 1.29 is 14.3 Å². The van der Waals surface area contributed by atoms with Crippen molar-refractivity contribution in [2.24, 2.45) is 5.73 Å². The van der Waals surface area contributed by atoms with E-state index in [4.69, 9.17) is 5.73 Å². The van der Waals surface area contributed by atoms with Crippen molar-refractivity contribution in [2.75, 3.05) is 24.3 Å². The van der Waals surface area contributed by atoms with Crippen molar-refractivity contribution >= 4 is 23.4 Å². The standard InChI is InChI=1S/C11H15N3O3/c1-17-11(16)14-9-4-2-8(3-5-9)13-10(15)6-7-12/h2-5H,6-7,12H2,1H3,(H,13,15)(H,14,16). The van der Waals surface area contributed by atoms with Crippen LogP contribution in [0.25, 0.3) is 0 Å². The number of hydrogen-bond donors (Lipinski definition) is 3. The van der Waals surface area contributed by atoms with Crippen LogP contribution in [-0.4, -0.2) is 25.7 Å². The van der Waals surface area contributed by atoms with Gasteiger partial charge >= 0.3 is 6.09 Å². The third-order valence-corrected chi connectivity index (χ3v) is 1.97. The van der Waals surface area contributed by atoms with Gasteiger partial charge in [0.2, 0.25) is 5.91 Å². The Kier molecular flexibility index (Phi) is 4.96. The van der Waals surface area contributed by atoms with E-state index in [1.165, 1.54) is 7.11 Å². The number of carbonyl (C=O) groups is 2. The Labute approximate surface area is 99.1 Å². The van der Waals surface area contributed by atoms with E-state index in [0.717, 1.165) is 0 Å². The summed E-state index contributed by atoms with van der Waals surface area (Å²) in [5.41, 5.74) is 6.50. The Balaban J connectivity index is 2.55. The lowest BCUT2D eigenvalue weighted by Gasteiger charge is -2.06. The van der Waals surface area contributed by atoms with Gasteiger partial charge in [-0.05, 0) is 24.3 Å². The fraction of sp³-hybridized carbons (Fsp3) is 0.273. The first-order chi connectivity index (χ1) is 8.15. The Morgan fingerprint density at radius 3 is 2.18 bits per heavy atom. The van der Waals surface area contributed by atoms with Gasteiger partial charge in [0.25, 0.3) is 0 Å². The molecule has 0 aliphatic carbocycles. The molecule has 0 fully saturated rings. The van der Waals surface area contributed by atoms with Crippen molar-refractivity contribution in [2.45, 2.75) is 6.42 Å². The molecular weight excluding hydrogens is 222 g/mol. The maximum Gasteiger partial charge on any atom is 0.411 e. The Morgan fingerprint density at radius 2 is 1.71 bits per heavy atom. The van der Waals surface area contributed by atoms with E-state index in [9.17, 15) is 9.59 Å². The van der Waals surface area contributed by atoms with Crippen molar-refractivity contribution in [1.82, 2.24) is 0 Å². The number of rotatable bonds is 4. The van der Waals surface area contributed by atoms with Gasteiger partial charge in [-0.25, -0.2) is 4.79 Å². The summed E-state index contributed by atoms with van der Waals surface area (Å²) in [5.74, 6) is -0.138. The van der Waals surface area contributed by atoms with Crippen LogP contribution < -0.4 is 16.4 Å². The molecule has 4 N–H and O–H groups in total. The van der Waals surface area contributed by atoms with Crippen LogP contribution in [0, 0.1) is 0 Å². The van der Waals surface area contributed by atoms with Crippen LogP contribution in [0.5, 0.6) is 0 Å². The van der Waals surface area contributed by atoms with E-state index >= 15 is 0 Å². The molecule has 0 heterocycles. The lowest BCUT2D eigenvalue weighted by atomic mass is 10.2. The first-order valence-corrected chi connectivity index (χ1v) is 5.10. The molecule has 0 aliphatic heterocycles. The van der Waals surface area contributed by atoms with E-state index in [0.29, 0.717) is 17.9 Å². The number of nitrogens with one attached hydrogen (secondary N) is 2. The molecule has 0 aliphatic rings. The average molecular weight is 237 g/mol. The molecule has 92 valence electrons. The van der Waals surface area contributed by atoms with Gasteiger partial charge in [0, 0.05) is 24.3 Å². The second-order valence-electron chi connectivity index (χ2n) is 3.28. The predicted octanol–water partition coefficient (Wildman–Crippen LogP) is 1.15. The van der Waals surface area contributed by atoms with Crippen molar-refractivity contribution in [3.8, 4) is 0 Å². The maximum atomic E-state index is 11.2. The number of carbonyl (C=O) groups excluding carboxylic acids is 2. The molecule has 0 aromatic heterocycles. The zero-order valence-corrected chi connectivity index (χ0v) is 9.53. The molecule has 0 saturated heterocycles. The molecule has 0 bridgehead atoms. The molecule has 0 saturated carbocycles. The topological polar surface area (TPSA) is 93.5 Å². The van der Waals surface area contributed by atoms with Gasteiger partial charge in [-0.2, -0.15) is 0 Å². The molecule has 0 spiro atoms. The Bertz CT molecular complexity index is 389. The molecule has 1 rings (SSSR count). The summed E-state index contributed by atoms with van der Waals surface area (Å²) in [7, 11) is 1.29. The summed E-state index contributed by atoms with van der Waals surface area (Å²) in [6.07, 6.45) is -0.257. The molecule has 1 aromatic rings. The fourth-order valence-electron chi connectivity index (χ4n) is 1.16. The van der Waals surface area contributed by atoms with Gasteiger partial charge < -0.3 is 15.8 Å². The molecule has 6 heteroatoms. The van der Waals surface area contributed by atoms with Crippen LogP contribution in [0.2, 0.25) is 0 Å². The molecule has 0 unspecified atom stereocenters.